The predicted molar refractivity (Wildman–Crippen MR) is 165 cm³/mol. The number of amides is 2. The van der Waals surface area contributed by atoms with E-state index in [-0.39, 0.29) is 30.6 Å². The summed E-state index contributed by atoms with van der Waals surface area (Å²) in [5, 5.41) is 8.58. The Kier molecular flexibility index (Phi) is 8.77. The molecule has 5 rings (SSSR count). The number of fused-ring (bicyclic) bond motifs is 1. The summed E-state index contributed by atoms with van der Waals surface area (Å²) in [7, 11) is 1.59. The SMILES string of the molecule is COc1ccc(NC(=O)C2=C(C)N=C3SC=C(CC(=O)NCc4ccc(F)cc4)N3[C@@H]2c2ccc(C(C)C)cc2)cc1. The van der Waals surface area contributed by atoms with Crippen LogP contribution in [0, 0.1) is 5.82 Å². The summed E-state index contributed by atoms with van der Waals surface area (Å²) in [5.41, 5.74) is 5.43. The van der Waals surface area contributed by atoms with Crippen LogP contribution >= 0.6 is 11.8 Å². The van der Waals surface area contributed by atoms with Gasteiger partial charge < -0.3 is 20.3 Å². The molecule has 0 aromatic heterocycles. The molecule has 0 unspecified atom stereocenters. The van der Waals surface area contributed by atoms with Crippen molar-refractivity contribution in [3.8, 4) is 5.75 Å². The molecule has 3 aromatic rings. The first kappa shape index (κ1) is 29.1. The standard InChI is InChI=1S/C33H33FN4O3S/c1-20(2)23-7-9-24(10-8-23)31-30(32(40)37-26-13-15-28(41-4)16-14-26)21(3)36-33-38(31)27(19-42-33)17-29(39)35-18-22-5-11-25(34)12-6-22/h5-16,19-20,31H,17-18H2,1-4H3,(H,35,39)(H,37,40)/t31-/m1/s1. The summed E-state index contributed by atoms with van der Waals surface area (Å²) < 4.78 is 18.5. The number of methoxy groups -OCH3 is 1. The molecule has 42 heavy (non-hydrogen) atoms. The largest absolute Gasteiger partial charge is 0.497 e. The number of aliphatic imine (C=N–C) groups is 1. The molecule has 2 amide bonds. The molecule has 216 valence electrons. The molecule has 0 saturated carbocycles. The highest BCUT2D eigenvalue weighted by molar-refractivity contribution is 8.16. The first-order valence-corrected chi connectivity index (χ1v) is 14.6. The lowest BCUT2D eigenvalue weighted by molar-refractivity contribution is -0.120. The molecule has 1 atom stereocenters. The number of ether oxygens (including phenoxy) is 1. The van der Waals surface area contributed by atoms with E-state index >= 15 is 0 Å². The van der Waals surface area contributed by atoms with Gasteiger partial charge in [0.2, 0.25) is 5.91 Å². The van der Waals surface area contributed by atoms with E-state index in [1.807, 2.05) is 29.4 Å². The second kappa shape index (κ2) is 12.7. The van der Waals surface area contributed by atoms with E-state index in [1.54, 1.807) is 43.5 Å². The third-order valence-electron chi connectivity index (χ3n) is 7.26. The van der Waals surface area contributed by atoms with Gasteiger partial charge in [-0.3, -0.25) is 9.59 Å². The van der Waals surface area contributed by atoms with E-state index in [4.69, 9.17) is 9.73 Å². The number of hydrogen-bond donors (Lipinski definition) is 2. The molecule has 9 heteroatoms. The molecule has 7 nitrogen and oxygen atoms in total. The Bertz CT molecular complexity index is 1560. The van der Waals surface area contributed by atoms with Gasteiger partial charge in [-0.05, 0) is 71.3 Å². The number of halogens is 1. The normalized spacial score (nSPS) is 16.1. The number of hydrogen-bond acceptors (Lipinski definition) is 6. The van der Waals surface area contributed by atoms with Crippen molar-refractivity contribution in [2.24, 2.45) is 4.99 Å². The van der Waals surface area contributed by atoms with Crippen molar-refractivity contribution in [1.29, 1.82) is 0 Å². The molecular formula is C33H33FN4O3S. The number of amidine groups is 1. The van der Waals surface area contributed by atoms with E-state index in [0.29, 0.717) is 33.8 Å². The van der Waals surface area contributed by atoms with Crippen LogP contribution in [0.5, 0.6) is 5.75 Å². The molecule has 2 aliphatic rings. The van der Waals surface area contributed by atoms with Crippen LogP contribution < -0.4 is 15.4 Å². The van der Waals surface area contributed by atoms with Crippen LogP contribution in [0.2, 0.25) is 0 Å². The lowest BCUT2D eigenvalue weighted by Gasteiger charge is -2.36. The van der Waals surface area contributed by atoms with Gasteiger partial charge in [-0.2, -0.15) is 0 Å². The molecule has 3 aromatic carbocycles. The van der Waals surface area contributed by atoms with Crippen LogP contribution in [0.1, 0.15) is 55.8 Å². The van der Waals surface area contributed by atoms with Crippen molar-refractivity contribution >= 4 is 34.4 Å². The average Bonchev–Trinajstić information content (AvgIpc) is 3.38. The molecule has 0 radical (unpaired) electrons. The second-order valence-corrected chi connectivity index (χ2v) is 11.3. The molecule has 0 saturated heterocycles. The minimum atomic E-state index is -0.483. The van der Waals surface area contributed by atoms with Crippen LogP contribution in [-0.2, 0) is 16.1 Å². The molecule has 2 heterocycles. The maximum atomic E-state index is 13.9. The van der Waals surface area contributed by atoms with Gasteiger partial charge >= 0.3 is 0 Å². The average molecular weight is 585 g/mol. The van der Waals surface area contributed by atoms with Crippen molar-refractivity contribution in [2.75, 3.05) is 12.4 Å². The summed E-state index contributed by atoms with van der Waals surface area (Å²) in [5.74, 6) is 0.283. The summed E-state index contributed by atoms with van der Waals surface area (Å²) in [6.07, 6.45) is 0.0974. The van der Waals surface area contributed by atoms with Crippen molar-refractivity contribution in [3.05, 3.63) is 118 Å². The minimum Gasteiger partial charge on any atom is -0.497 e. The topological polar surface area (TPSA) is 83.0 Å². The monoisotopic (exact) mass is 584 g/mol. The minimum absolute atomic E-state index is 0.0974. The van der Waals surface area contributed by atoms with E-state index in [9.17, 15) is 14.0 Å². The molecule has 0 fully saturated rings. The number of nitrogens with one attached hydrogen (secondary N) is 2. The van der Waals surface area contributed by atoms with Crippen LogP contribution in [0.15, 0.2) is 100 Å². The van der Waals surface area contributed by atoms with Crippen LogP contribution in [0.25, 0.3) is 0 Å². The highest BCUT2D eigenvalue weighted by Gasteiger charge is 2.40. The second-order valence-electron chi connectivity index (χ2n) is 10.5. The molecule has 2 N–H and O–H groups in total. The zero-order chi connectivity index (χ0) is 29.8. The Hall–Kier alpha value is -4.37. The third-order valence-corrected chi connectivity index (χ3v) is 8.15. The quantitative estimate of drug-likeness (QED) is 0.287. The summed E-state index contributed by atoms with van der Waals surface area (Å²) in [4.78, 5) is 33.7. The van der Waals surface area contributed by atoms with E-state index in [1.165, 1.54) is 29.5 Å². The van der Waals surface area contributed by atoms with Crippen LogP contribution in [0.3, 0.4) is 0 Å². The van der Waals surface area contributed by atoms with E-state index < -0.39 is 6.04 Å². The first-order chi connectivity index (χ1) is 20.2. The van der Waals surface area contributed by atoms with Gasteiger partial charge in [-0.15, -0.1) is 0 Å². The van der Waals surface area contributed by atoms with Crippen molar-refractivity contribution < 1.29 is 18.7 Å². The maximum Gasteiger partial charge on any atom is 0.255 e. The van der Waals surface area contributed by atoms with Gasteiger partial charge in [0, 0.05) is 17.9 Å². The summed E-state index contributed by atoms with van der Waals surface area (Å²) in [6, 6.07) is 21.0. The Balaban J connectivity index is 1.43. The lowest BCUT2D eigenvalue weighted by Crippen LogP contribution is -2.38. The summed E-state index contributed by atoms with van der Waals surface area (Å²) in [6.45, 7) is 6.41. The highest BCUT2D eigenvalue weighted by Crippen LogP contribution is 2.45. The van der Waals surface area contributed by atoms with Gasteiger partial charge in [-0.1, -0.05) is 62.0 Å². The molecule has 2 aliphatic heterocycles. The third kappa shape index (κ3) is 6.41. The number of benzene rings is 3. The fourth-order valence-electron chi connectivity index (χ4n) is 4.94. The Morgan fingerprint density at radius 3 is 2.36 bits per heavy atom. The van der Waals surface area contributed by atoms with Gasteiger partial charge in [0.25, 0.3) is 5.91 Å². The van der Waals surface area contributed by atoms with E-state index in [2.05, 4.69) is 36.6 Å². The van der Waals surface area contributed by atoms with Crippen molar-refractivity contribution in [2.45, 2.75) is 45.7 Å². The Morgan fingerprint density at radius 1 is 1.02 bits per heavy atom. The first-order valence-electron chi connectivity index (χ1n) is 13.7. The number of carbonyl (C=O) groups excluding carboxylic acids is 2. The number of rotatable bonds is 9. The molecule has 0 spiro atoms. The zero-order valence-corrected chi connectivity index (χ0v) is 24.8. The maximum absolute atomic E-state index is 13.9. The van der Waals surface area contributed by atoms with Crippen LogP contribution in [0.4, 0.5) is 10.1 Å². The molecule has 0 bridgehead atoms. The van der Waals surface area contributed by atoms with Gasteiger partial charge in [0.15, 0.2) is 5.17 Å². The fraction of sp³-hybridized carbons (Fsp3) is 0.242. The van der Waals surface area contributed by atoms with Crippen LogP contribution in [-0.4, -0.2) is 29.0 Å². The summed E-state index contributed by atoms with van der Waals surface area (Å²) >= 11 is 1.44. The van der Waals surface area contributed by atoms with Gasteiger partial charge in [0.05, 0.1) is 30.8 Å². The predicted octanol–water partition coefficient (Wildman–Crippen LogP) is 6.88. The van der Waals surface area contributed by atoms with Gasteiger partial charge in [-0.25, -0.2) is 9.38 Å². The number of nitrogens with zero attached hydrogens (tertiary/aromatic N) is 2. The smallest absolute Gasteiger partial charge is 0.255 e. The van der Waals surface area contributed by atoms with Crippen molar-refractivity contribution in [1.82, 2.24) is 10.2 Å². The molecular weight excluding hydrogens is 551 g/mol. The lowest BCUT2D eigenvalue weighted by atomic mass is 9.91. The van der Waals surface area contributed by atoms with E-state index in [0.717, 1.165) is 16.8 Å². The fourth-order valence-corrected chi connectivity index (χ4v) is 5.91. The van der Waals surface area contributed by atoms with Crippen molar-refractivity contribution in [3.63, 3.8) is 0 Å². The molecule has 0 aliphatic carbocycles. The number of anilines is 1. The Labute approximate surface area is 249 Å². The number of thioether (sulfide) groups is 1. The zero-order valence-electron chi connectivity index (χ0n) is 24.0. The van der Waals surface area contributed by atoms with Gasteiger partial charge in [0.1, 0.15) is 11.6 Å². The number of carbonyl (C=O) groups is 2. The number of allylic oxidation sites excluding steroid dienone is 1. The highest BCUT2D eigenvalue weighted by atomic mass is 32.2. The Morgan fingerprint density at radius 2 is 1.71 bits per heavy atom.